The Labute approximate surface area is 209 Å². The minimum atomic E-state index is -0.786. The Balaban J connectivity index is 1.40. The van der Waals surface area contributed by atoms with Gasteiger partial charge in [-0.25, -0.2) is 0 Å². The van der Waals surface area contributed by atoms with Crippen LogP contribution in [0, 0.1) is 40.4 Å². The van der Waals surface area contributed by atoms with Crippen LogP contribution in [0.4, 0.5) is 0 Å². The fourth-order valence-electron chi connectivity index (χ4n) is 9.22. The summed E-state index contributed by atoms with van der Waals surface area (Å²) in [6.45, 7) is 12.1. The minimum Gasteiger partial charge on any atom is -0.460 e. The van der Waals surface area contributed by atoms with Gasteiger partial charge in [0.25, 0.3) is 0 Å². The summed E-state index contributed by atoms with van der Waals surface area (Å²) in [6.07, 6.45) is 6.58. The molecule has 5 rings (SSSR count). The summed E-state index contributed by atoms with van der Waals surface area (Å²) in [5, 5.41) is 20.9. The van der Waals surface area contributed by atoms with Crippen LogP contribution in [0.15, 0.2) is 11.6 Å². The maximum Gasteiger partial charge on any atom is 0.302 e. The summed E-state index contributed by atoms with van der Waals surface area (Å²) >= 11 is 0. The van der Waals surface area contributed by atoms with Crippen LogP contribution >= 0.6 is 0 Å². The van der Waals surface area contributed by atoms with Crippen molar-refractivity contribution in [1.82, 2.24) is 0 Å². The van der Waals surface area contributed by atoms with Gasteiger partial charge in [0.15, 0.2) is 5.78 Å². The summed E-state index contributed by atoms with van der Waals surface area (Å²) < 4.78 is 12.2. The zero-order valence-corrected chi connectivity index (χ0v) is 22.3. The quantitative estimate of drug-likeness (QED) is 0.576. The largest absolute Gasteiger partial charge is 0.460 e. The second-order valence-corrected chi connectivity index (χ2v) is 13.6. The van der Waals surface area contributed by atoms with E-state index in [0.29, 0.717) is 30.6 Å². The predicted molar refractivity (Wildman–Crippen MR) is 131 cm³/mol. The second-order valence-electron chi connectivity index (χ2n) is 13.6. The lowest BCUT2D eigenvalue weighted by atomic mass is 9.47. The third kappa shape index (κ3) is 4.02. The molecule has 11 atom stereocenters. The fraction of sp³-hybridized carbons (Fsp3) is 0.862. The number of aliphatic hydroxyl groups is 2. The van der Waals surface area contributed by atoms with Crippen molar-refractivity contribution in [2.24, 2.45) is 40.4 Å². The van der Waals surface area contributed by atoms with E-state index in [-0.39, 0.29) is 46.6 Å². The number of hydrogen-bond donors (Lipinski definition) is 2. The lowest BCUT2D eigenvalue weighted by molar-refractivity contribution is -0.169. The number of fused-ring (bicyclic) bond motifs is 7. The van der Waals surface area contributed by atoms with Crippen LogP contribution in [-0.2, 0) is 19.1 Å². The minimum absolute atomic E-state index is 0.100. The second kappa shape index (κ2) is 8.39. The van der Waals surface area contributed by atoms with Gasteiger partial charge in [0.1, 0.15) is 6.10 Å². The topological polar surface area (TPSA) is 93.1 Å². The van der Waals surface area contributed by atoms with E-state index in [4.69, 9.17) is 9.47 Å². The molecular formula is C29H44O6. The predicted octanol–water partition coefficient (Wildman–Crippen LogP) is 4.21. The van der Waals surface area contributed by atoms with Crippen molar-refractivity contribution in [3.63, 3.8) is 0 Å². The van der Waals surface area contributed by atoms with E-state index >= 15 is 0 Å². The molecule has 3 saturated carbocycles. The summed E-state index contributed by atoms with van der Waals surface area (Å²) in [6, 6.07) is 0. The van der Waals surface area contributed by atoms with Crippen LogP contribution < -0.4 is 0 Å². The van der Waals surface area contributed by atoms with Gasteiger partial charge in [0, 0.05) is 12.8 Å². The molecule has 0 amide bonds. The molecule has 0 aromatic carbocycles. The highest BCUT2D eigenvalue weighted by Gasteiger charge is 2.65. The molecule has 1 heterocycles. The molecule has 4 fully saturated rings. The zero-order chi connectivity index (χ0) is 25.5. The molecule has 1 aliphatic heterocycles. The van der Waals surface area contributed by atoms with Crippen molar-refractivity contribution in [3.05, 3.63) is 11.6 Å². The number of hydrogen-bond acceptors (Lipinski definition) is 6. The van der Waals surface area contributed by atoms with E-state index in [1.807, 2.05) is 19.9 Å². The highest BCUT2D eigenvalue weighted by atomic mass is 16.6. The van der Waals surface area contributed by atoms with Crippen molar-refractivity contribution in [1.29, 1.82) is 0 Å². The van der Waals surface area contributed by atoms with Crippen LogP contribution in [0.2, 0.25) is 0 Å². The van der Waals surface area contributed by atoms with Crippen molar-refractivity contribution >= 4 is 11.8 Å². The van der Waals surface area contributed by atoms with Crippen LogP contribution in [0.25, 0.3) is 0 Å². The molecule has 2 N–H and O–H groups in total. The highest BCUT2D eigenvalue weighted by Crippen LogP contribution is 2.68. The molecule has 0 bridgehead atoms. The molecule has 1 saturated heterocycles. The van der Waals surface area contributed by atoms with E-state index in [2.05, 4.69) is 20.8 Å². The summed E-state index contributed by atoms with van der Waals surface area (Å²) in [5.41, 5.74) is 0.408. The molecule has 0 spiro atoms. The SMILES string of the molecule is CC(=O)OC1CC2(C)C3CCC4(C)C5C(C[C@H]4C3=CC(=O)[C@H]2CC1O)OC(CCC(C)(C)O)[C@H]5C. The lowest BCUT2D eigenvalue weighted by Gasteiger charge is -2.57. The number of carbonyl (C=O) groups excluding carboxylic acids is 2. The van der Waals surface area contributed by atoms with Gasteiger partial charge in [0.2, 0.25) is 0 Å². The number of ether oxygens (including phenoxy) is 2. The first-order chi connectivity index (χ1) is 16.2. The van der Waals surface area contributed by atoms with Crippen LogP contribution in [0.1, 0.15) is 86.5 Å². The number of rotatable bonds is 4. The van der Waals surface area contributed by atoms with Crippen molar-refractivity contribution in [2.75, 3.05) is 0 Å². The summed E-state index contributed by atoms with van der Waals surface area (Å²) in [7, 11) is 0. The molecule has 5 aliphatic rings. The van der Waals surface area contributed by atoms with E-state index in [0.717, 1.165) is 32.1 Å². The Morgan fingerprint density at radius 3 is 2.57 bits per heavy atom. The molecule has 8 unspecified atom stereocenters. The van der Waals surface area contributed by atoms with Gasteiger partial charge >= 0.3 is 5.97 Å². The Kier molecular flexibility index (Phi) is 6.09. The first-order valence-corrected chi connectivity index (χ1v) is 13.7. The maximum atomic E-state index is 13.4. The molecule has 0 aromatic rings. The Morgan fingerprint density at radius 2 is 1.91 bits per heavy atom. The average molecular weight is 489 g/mol. The zero-order valence-electron chi connectivity index (χ0n) is 22.3. The third-order valence-electron chi connectivity index (χ3n) is 10.9. The number of allylic oxidation sites excluding steroid dienone is 2. The van der Waals surface area contributed by atoms with Gasteiger partial charge in [-0.1, -0.05) is 26.3 Å². The number of aliphatic hydroxyl groups excluding tert-OH is 1. The molecular weight excluding hydrogens is 444 g/mol. The fourth-order valence-corrected chi connectivity index (χ4v) is 9.22. The summed E-state index contributed by atoms with van der Waals surface area (Å²) in [4.78, 5) is 25.1. The van der Waals surface area contributed by atoms with Crippen LogP contribution in [0.3, 0.4) is 0 Å². The number of ketones is 1. The normalized spacial score (nSPS) is 49.0. The van der Waals surface area contributed by atoms with Crippen LogP contribution in [-0.4, -0.2) is 52.0 Å². The van der Waals surface area contributed by atoms with Gasteiger partial charge in [-0.3, -0.25) is 9.59 Å². The number of carbonyl (C=O) groups is 2. The summed E-state index contributed by atoms with van der Waals surface area (Å²) in [5.74, 6) is 1.03. The molecule has 6 heteroatoms. The number of esters is 1. The highest BCUT2D eigenvalue weighted by molar-refractivity contribution is 5.94. The van der Waals surface area contributed by atoms with Crippen LogP contribution in [0.5, 0.6) is 0 Å². The maximum absolute atomic E-state index is 13.4. The van der Waals surface area contributed by atoms with E-state index < -0.39 is 17.8 Å². The first kappa shape index (κ1) is 25.4. The standard InChI is InChI=1S/C29H44O6/c1-15-23(8-9-27(3,4)33)35-24-13-19-17-11-21(31)20-12-22(32)25(34-16(2)30)14-29(20,6)18(17)7-10-28(19,5)26(15)24/h11,15,18-20,22-26,32-33H,7-10,12-14H2,1-6H3/t15-,18?,19+,20-,22?,23?,24?,25?,26?,28?,29?/m1/s1. The van der Waals surface area contributed by atoms with E-state index in [9.17, 15) is 19.8 Å². The van der Waals surface area contributed by atoms with Gasteiger partial charge in [-0.05, 0) is 99.4 Å². The third-order valence-corrected chi connectivity index (χ3v) is 10.9. The van der Waals surface area contributed by atoms with Gasteiger partial charge in [-0.2, -0.15) is 0 Å². The molecule has 0 aromatic heterocycles. The van der Waals surface area contributed by atoms with Crippen molar-refractivity contribution in [2.45, 2.75) is 117 Å². The molecule has 35 heavy (non-hydrogen) atoms. The average Bonchev–Trinajstić information content (AvgIpc) is 3.21. The molecule has 196 valence electrons. The Morgan fingerprint density at radius 1 is 1.20 bits per heavy atom. The smallest absolute Gasteiger partial charge is 0.302 e. The monoisotopic (exact) mass is 488 g/mol. The van der Waals surface area contributed by atoms with Crippen molar-refractivity contribution < 1.29 is 29.3 Å². The lowest BCUT2D eigenvalue weighted by Crippen LogP contribution is -2.56. The van der Waals surface area contributed by atoms with E-state index in [1.54, 1.807) is 0 Å². The molecule has 0 radical (unpaired) electrons. The first-order valence-electron chi connectivity index (χ1n) is 13.7. The van der Waals surface area contributed by atoms with Gasteiger partial charge < -0.3 is 19.7 Å². The van der Waals surface area contributed by atoms with E-state index in [1.165, 1.54) is 12.5 Å². The Hall–Kier alpha value is -1.24. The molecule has 4 aliphatic carbocycles. The van der Waals surface area contributed by atoms with Crippen molar-refractivity contribution in [3.8, 4) is 0 Å². The van der Waals surface area contributed by atoms with Gasteiger partial charge in [0.05, 0.1) is 23.9 Å². The molecule has 6 nitrogen and oxygen atoms in total. The Bertz CT molecular complexity index is 919. The van der Waals surface area contributed by atoms with Gasteiger partial charge in [-0.15, -0.1) is 0 Å².